The van der Waals surface area contributed by atoms with E-state index >= 15 is 0 Å². The number of pyridine rings is 1. The zero-order valence-corrected chi connectivity index (χ0v) is 13.5. The van der Waals surface area contributed by atoms with Crippen LogP contribution in [0.15, 0.2) is 18.2 Å². The van der Waals surface area contributed by atoms with Crippen molar-refractivity contribution in [3.8, 4) is 0 Å². The summed E-state index contributed by atoms with van der Waals surface area (Å²) in [7, 11) is 6.21. The first kappa shape index (κ1) is 17.2. The van der Waals surface area contributed by atoms with E-state index in [9.17, 15) is 13.2 Å². The molecule has 22 heavy (non-hydrogen) atoms. The Bertz CT molecular complexity index is 502. The van der Waals surface area contributed by atoms with Crippen molar-refractivity contribution >= 4 is 0 Å². The lowest BCUT2D eigenvalue weighted by molar-refractivity contribution is -0.141. The molecule has 1 aromatic heterocycles. The molecule has 1 atom stereocenters. The van der Waals surface area contributed by atoms with Gasteiger partial charge in [-0.1, -0.05) is 6.07 Å². The van der Waals surface area contributed by atoms with Gasteiger partial charge in [0.1, 0.15) is 5.69 Å². The van der Waals surface area contributed by atoms with Gasteiger partial charge < -0.3 is 9.80 Å². The number of hydrogen-bond donors (Lipinski definition) is 0. The largest absolute Gasteiger partial charge is 0.433 e. The molecule has 1 aromatic rings. The number of rotatable bonds is 4. The fourth-order valence-corrected chi connectivity index (χ4v) is 3.27. The highest BCUT2D eigenvalue weighted by Crippen LogP contribution is 2.31. The Kier molecular flexibility index (Phi) is 5.12. The van der Waals surface area contributed by atoms with E-state index in [4.69, 9.17) is 0 Å². The molecule has 0 spiro atoms. The number of likely N-dealkylation sites (tertiary alicyclic amines) is 1. The van der Waals surface area contributed by atoms with Gasteiger partial charge >= 0.3 is 6.18 Å². The van der Waals surface area contributed by atoms with Crippen molar-refractivity contribution in [3.05, 3.63) is 29.6 Å². The molecule has 6 heteroatoms. The van der Waals surface area contributed by atoms with Crippen LogP contribution in [0.1, 0.15) is 30.7 Å². The predicted molar refractivity (Wildman–Crippen MR) is 80.7 cm³/mol. The Morgan fingerprint density at radius 3 is 2.64 bits per heavy atom. The molecule has 1 saturated heterocycles. The number of likely N-dealkylation sites (N-methyl/N-ethyl adjacent to an activating group) is 2. The number of halogens is 3. The third-order valence-electron chi connectivity index (χ3n) is 4.64. The number of aryl methyl sites for hydroxylation is 1. The smallest absolute Gasteiger partial charge is 0.305 e. The van der Waals surface area contributed by atoms with Crippen LogP contribution in [-0.2, 0) is 12.6 Å². The van der Waals surface area contributed by atoms with Crippen LogP contribution < -0.4 is 0 Å². The van der Waals surface area contributed by atoms with E-state index in [1.54, 1.807) is 6.07 Å². The van der Waals surface area contributed by atoms with Gasteiger partial charge in [-0.05, 0) is 65.5 Å². The fourth-order valence-electron chi connectivity index (χ4n) is 3.27. The van der Waals surface area contributed by atoms with Crippen LogP contribution in [0.3, 0.4) is 0 Å². The topological polar surface area (TPSA) is 19.4 Å². The zero-order chi connectivity index (χ0) is 16.4. The van der Waals surface area contributed by atoms with Gasteiger partial charge in [-0.3, -0.25) is 0 Å². The van der Waals surface area contributed by atoms with Crippen LogP contribution in [-0.4, -0.2) is 54.6 Å². The molecular weight excluding hydrogens is 291 g/mol. The highest BCUT2D eigenvalue weighted by Gasteiger charge is 2.36. The minimum atomic E-state index is -4.37. The summed E-state index contributed by atoms with van der Waals surface area (Å²) in [6.07, 6.45) is -0.803. The Balaban J connectivity index is 2.10. The predicted octanol–water partition coefficient (Wildman–Crippen LogP) is 3.06. The Morgan fingerprint density at radius 2 is 2.05 bits per heavy atom. The molecule has 0 saturated carbocycles. The molecular formula is C16H24F3N3. The highest BCUT2D eigenvalue weighted by atomic mass is 19.4. The number of nitrogens with zero attached hydrogens (tertiary/aromatic N) is 3. The molecule has 0 N–H and O–H groups in total. The number of hydrogen-bond acceptors (Lipinski definition) is 3. The van der Waals surface area contributed by atoms with Crippen LogP contribution >= 0.6 is 0 Å². The maximum absolute atomic E-state index is 12.7. The summed E-state index contributed by atoms with van der Waals surface area (Å²) in [6, 6.07) is 4.16. The average Bonchev–Trinajstić information content (AvgIpc) is 2.44. The minimum absolute atomic E-state index is 0.0168. The Labute approximate surface area is 130 Å². The lowest BCUT2D eigenvalue weighted by Gasteiger charge is -2.46. The summed E-state index contributed by atoms with van der Waals surface area (Å²) in [5, 5.41) is 0. The first-order valence-corrected chi connectivity index (χ1v) is 7.62. The van der Waals surface area contributed by atoms with E-state index in [0.29, 0.717) is 12.1 Å². The van der Waals surface area contributed by atoms with E-state index in [1.165, 1.54) is 6.07 Å². The molecule has 0 bridgehead atoms. The zero-order valence-electron chi connectivity index (χ0n) is 13.5. The lowest BCUT2D eigenvalue weighted by Crippen LogP contribution is -2.55. The third-order valence-corrected chi connectivity index (χ3v) is 4.64. The number of piperidine rings is 1. The summed E-state index contributed by atoms with van der Waals surface area (Å²) in [5.41, 5.74) is -0.267. The summed E-state index contributed by atoms with van der Waals surface area (Å²) in [4.78, 5) is 8.29. The van der Waals surface area contributed by atoms with Gasteiger partial charge in [0.2, 0.25) is 0 Å². The second kappa shape index (κ2) is 6.54. The van der Waals surface area contributed by atoms with Crippen molar-refractivity contribution in [1.82, 2.24) is 14.8 Å². The number of aromatic nitrogens is 1. The van der Waals surface area contributed by atoms with Crippen molar-refractivity contribution in [1.29, 1.82) is 0 Å². The normalized spacial score (nSPS) is 24.0. The fraction of sp³-hybridized carbons (Fsp3) is 0.688. The van der Waals surface area contributed by atoms with Gasteiger partial charge in [0, 0.05) is 17.8 Å². The number of alkyl halides is 3. The summed E-state index contributed by atoms with van der Waals surface area (Å²) < 4.78 is 38.2. The average molecular weight is 315 g/mol. The van der Waals surface area contributed by atoms with E-state index in [1.807, 2.05) is 0 Å². The standard InChI is InChI=1S/C16H24F3N3/c1-21(2)15(9-5-11-22(3)12-15)10-8-13-6-4-7-14(20-13)16(17,18)19/h4,6-7H,5,8-12H2,1-3H3/t15-/m0/s1. The molecule has 2 rings (SSSR count). The first-order chi connectivity index (χ1) is 10.2. The minimum Gasteiger partial charge on any atom is -0.305 e. The van der Waals surface area contributed by atoms with E-state index < -0.39 is 11.9 Å². The molecule has 1 aliphatic heterocycles. The molecule has 0 amide bonds. The quantitative estimate of drug-likeness (QED) is 0.851. The van der Waals surface area contributed by atoms with Crippen LogP contribution in [0.4, 0.5) is 13.2 Å². The third kappa shape index (κ3) is 3.98. The van der Waals surface area contributed by atoms with E-state index in [0.717, 1.165) is 38.4 Å². The Hall–Kier alpha value is -1.14. The van der Waals surface area contributed by atoms with Gasteiger partial charge in [0.15, 0.2) is 0 Å². The first-order valence-electron chi connectivity index (χ1n) is 7.62. The molecule has 2 heterocycles. The van der Waals surface area contributed by atoms with Crippen LogP contribution in [0.25, 0.3) is 0 Å². The molecule has 0 unspecified atom stereocenters. The maximum atomic E-state index is 12.7. The molecule has 0 radical (unpaired) electrons. The second-order valence-electron chi connectivity index (χ2n) is 6.47. The molecule has 1 fully saturated rings. The molecule has 3 nitrogen and oxygen atoms in total. The van der Waals surface area contributed by atoms with Gasteiger partial charge in [-0.2, -0.15) is 13.2 Å². The second-order valence-corrected chi connectivity index (χ2v) is 6.47. The van der Waals surface area contributed by atoms with E-state index in [2.05, 4.69) is 35.9 Å². The van der Waals surface area contributed by atoms with Crippen LogP contribution in [0.2, 0.25) is 0 Å². The van der Waals surface area contributed by atoms with Gasteiger partial charge in [-0.25, -0.2) is 4.98 Å². The van der Waals surface area contributed by atoms with E-state index in [-0.39, 0.29) is 5.54 Å². The van der Waals surface area contributed by atoms with Crippen molar-refractivity contribution in [2.45, 2.75) is 37.4 Å². The lowest BCUT2D eigenvalue weighted by atomic mass is 9.83. The highest BCUT2D eigenvalue weighted by molar-refractivity contribution is 5.14. The van der Waals surface area contributed by atoms with Crippen molar-refractivity contribution in [2.75, 3.05) is 34.2 Å². The summed E-state index contributed by atoms with van der Waals surface area (Å²) in [5.74, 6) is 0. The van der Waals surface area contributed by atoms with Gasteiger partial charge in [-0.15, -0.1) is 0 Å². The molecule has 0 aliphatic carbocycles. The Morgan fingerprint density at radius 1 is 1.32 bits per heavy atom. The van der Waals surface area contributed by atoms with Gasteiger partial charge in [0.05, 0.1) is 0 Å². The maximum Gasteiger partial charge on any atom is 0.433 e. The molecule has 0 aromatic carbocycles. The van der Waals surface area contributed by atoms with Crippen LogP contribution in [0, 0.1) is 0 Å². The molecule has 1 aliphatic rings. The SMILES string of the molecule is CN1CCC[C@@](CCc2cccc(C(F)(F)F)n2)(N(C)C)C1. The van der Waals surface area contributed by atoms with Crippen molar-refractivity contribution in [3.63, 3.8) is 0 Å². The van der Waals surface area contributed by atoms with Crippen molar-refractivity contribution < 1.29 is 13.2 Å². The molecule has 124 valence electrons. The summed E-state index contributed by atoms with van der Waals surface area (Å²) >= 11 is 0. The monoisotopic (exact) mass is 315 g/mol. The van der Waals surface area contributed by atoms with Crippen LogP contribution in [0.5, 0.6) is 0 Å². The van der Waals surface area contributed by atoms with Crippen molar-refractivity contribution in [2.24, 2.45) is 0 Å². The van der Waals surface area contributed by atoms with Gasteiger partial charge in [0.25, 0.3) is 0 Å². The summed E-state index contributed by atoms with van der Waals surface area (Å²) in [6.45, 7) is 2.02.